The predicted molar refractivity (Wildman–Crippen MR) is 138 cm³/mol. The van der Waals surface area contributed by atoms with E-state index < -0.39 is 86.2 Å². The van der Waals surface area contributed by atoms with E-state index in [1.165, 1.54) is 0 Å². The number of alkyl halides is 2. The SMILES string of the molecule is CCCCCc1cc(F)c(C#Cc2cc(F)c(C(F)(F)Oc3ccc(-c4cc(F)c(F)c(F)c4)c(F)c3)c(F)c2)c(F)c1. The van der Waals surface area contributed by atoms with Crippen LogP contribution < -0.4 is 4.74 Å². The lowest BCUT2D eigenvalue weighted by atomic mass is 10.0. The van der Waals surface area contributed by atoms with Gasteiger partial charge in [0.05, 0.1) is 5.56 Å². The van der Waals surface area contributed by atoms with Crippen molar-refractivity contribution in [2.45, 2.75) is 38.7 Å². The Bertz CT molecular complexity index is 1670. The Morgan fingerprint density at radius 1 is 0.651 bits per heavy atom. The minimum Gasteiger partial charge on any atom is -0.429 e. The van der Waals surface area contributed by atoms with E-state index in [4.69, 9.17) is 0 Å². The Morgan fingerprint density at radius 3 is 1.81 bits per heavy atom. The van der Waals surface area contributed by atoms with Crippen LogP contribution in [0, 0.1) is 58.4 Å². The van der Waals surface area contributed by atoms with Gasteiger partial charge in [-0.05, 0) is 72.5 Å². The first-order valence-corrected chi connectivity index (χ1v) is 12.8. The van der Waals surface area contributed by atoms with E-state index in [1.54, 1.807) is 0 Å². The summed E-state index contributed by atoms with van der Waals surface area (Å²) in [5, 5.41) is 0. The minimum absolute atomic E-state index is 0.371. The van der Waals surface area contributed by atoms with Crippen molar-refractivity contribution < 1.29 is 48.6 Å². The molecule has 0 N–H and O–H groups in total. The predicted octanol–water partition coefficient (Wildman–Crippen LogP) is 9.73. The van der Waals surface area contributed by atoms with Gasteiger partial charge in [-0.1, -0.05) is 31.6 Å². The molecule has 0 amide bonds. The molecule has 4 rings (SSSR count). The van der Waals surface area contributed by atoms with Gasteiger partial charge in [-0.2, -0.15) is 8.78 Å². The van der Waals surface area contributed by atoms with Gasteiger partial charge in [0.15, 0.2) is 17.5 Å². The van der Waals surface area contributed by atoms with Crippen LogP contribution in [0.3, 0.4) is 0 Å². The second-order valence-corrected chi connectivity index (χ2v) is 9.47. The van der Waals surface area contributed by atoms with E-state index in [-0.39, 0.29) is 0 Å². The van der Waals surface area contributed by atoms with E-state index in [1.807, 2.05) is 6.92 Å². The van der Waals surface area contributed by atoms with Gasteiger partial charge in [0.25, 0.3) is 0 Å². The first-order chi connectivity index (χ1) is 20.3. The fourth-order valence-electron chi connectivity index (χ4n) is 4.23. The maximum absolute atomic E-state index is 14.8. The number of unbranched alkanes of at least 4 members (excludes halogenated alkanes) is 2. The highest BCUT2D eigenvalue weighted by Gasteiger charge is 2.41. The van der Waals surface area contributed by atoms with Gasteiger partial charge in [0.1, 0.15) is 40.4 Å². The average Bonchev–Trinajstić information content (AvgIpc) is 2.90. The first kappa shape index (κ1) is 31.5. The van der Waals surface area contributed by atoms with Crippen molar-refractivity contribution in [3.63, 3.8) is 0 Å². The number of aryl methyl sites for hydroxylation is 1. The van der Waals surface area contributed by atoms with Crippen molar-refractivity contribution in [2.24, 2.45) is 0 Å². The fourth-order valence-corrected chi connectivity index (χ4v) is 4.23. The molecule has 1 nitrogen and oxygen atoms in total. The molecular weight excluding hydrogens is 590 g/mol. The number of halogens is 10. The smallest absolute Gasteiger partial charge is 0.429 e. The van der Waals surface area contributed by atoms with Gasteiger partial charge in [-0.15, -0.1) is 0 Å². The van der Waals surface area contributed by atoms with E-state index in [0.717, 1.165) is 43.5 Å². The molecule has 0 bridgehead atoms. The molecule has 0 aliphatic rings. The van der Waals surface area contributed by atoms with E-state index in [0.29, 0.717) is 42.3 Å². The van der Waals surface area contributed by atoms with Gasteiger partial charge in [0, 0.05) is 17.2 Å². The van der Waals surface area contributed by atoms with Gasteiger partial charge >= 0.3 is 6.11 Å². The molecule has 224 valence electrons. The van der Waals surface area contributed by atoms with Gasteiger partial charge in [-0.3, -0.25) is 0 Å². The highest BCUT2D eigenvalue weighted by molar-refractivity contribution is 5.65. The highest BCUT2D eigenvalue weighted by atomic mass is 19.3. The van der Waals surface area contributed by atoms with Crippen LogP contribution in [-0.4, -0.2) is 0 Å². The Morgan fingerprint density at radius 2 is 1.26 bits per heavy atom. The summed E-state index contributed by atoms with van der Waals surface area (Å²) in [5.74, 6) is -8.65. The number of hydrogen-bond acceptors (Lipinski definition) is 1. The number of benzene rings is 4. The Balaban J connectivity index is 1.57. The molecule has 0 saturated carbocycles. The summed E-state index contributed by atoms with van der Waals surface area (Å²) in [5.41, 5.74) is -3.61. The Hall–Kier alpha value is -4.46. The summed E-state index contributed by atoms with van der Waals surface area (Å²) in [6, 6.07) is 5.84. The largest absolute Gasteiger partial charge is 0.432 e. The number of rotatable bonds is 8. The van der Waals surface area contributed by atoms with Crippen LogP contribution in [0.2, 0.25) is 0 Å². The summed E-state index contributed by atoms with van der Waals surface area (Å²) in [4.78, 5) is 0. The molecule has 0 aliphatic heterocycles. The van der Waals surface area contributed by atoms with Crippen LogP contribution in [0.1, 0.15) is 48.4 Å². The molecule has 0 atom stereocenters. The second-order valence-electron chi connectivity index (χ2n) is 9.47. The molecule has 0 unspecified atom stereocenters. The molecule has 4 aromatic carbocycles. The number of ether oxygens (including phenoxy) is 1. The molecule has 0 heterocycles. The highest BCUT2D eigenvalue weighted by Crippen LogP contribution is 2.37. The second kappa shape index (κ2) is 12.8. The summed E-state index contributed by atoms with van der Waals surface area (Å²) in [6.45, 7) is 1.97. The molecular formula is C32H20F10O. The molecule has 0 saturated heterocycles. The molecule has 43 heavy (non-hydrogen) atoms. The third-order valence-corrected chi connectivity index (χ3v) is 6.32. The maximum atomic E-state index is 14.8. The van der Waals surface area contributed by atoms with E-state index >= 15 is 0 Å². The topological polar surface area (TPSA) is 9.23 Å². The lowest BCUT2D eigenvalue weighted by Crippen LogP contribution is -2.25. The zero-order valence-corrected chi connectivity index (χ0v) is 22.2. The number of hydrogen-bond donors (Lipinski definition) is 0. The molecule has 0 radical (unpaired) electrons. The van der Waals surface area contributed by atoms with Crippen molar-refractivity contribution in [2.75, 3.05) is 0 Å². The average molecular weight is 610 g/mol. The third-order valence-electron chi connectivity index (χ3n) is 6.32. The van der Waals surface area contributed by atoms with E-state index in [9.17, 15) is 43.9 Å². The lowest BCUT2D eigenvalue weighted by Gasteiger charge is -2.20. The zero-order chi connectivity index (χ0) is 31.5. The quantitative estimate of drug-likeness (QED) is 0.0836. The van der Waals surface area contributed by atoms with Gasteiger partial charge in [-0.25, -0.2) is 35.1 Å². The molecule has 0 aromatic heterocycles. The molecule has 11 heteroatoms. The third kappa shape index (κ3) is 7.13. The van der Waals surface area contributed by atoms with Crippen molar-refractivity contribution in [3.8, 4) is 28.7 Å². The molecule has 0 fully saturated rings. The minimum atomic E-state index is -4.70. The monoisotopic (exact) mass is 610 g/mol. The fraction of sp³-hybridized carbons (Fsp3) is 0.188. The summed E-state index contributed by atoms with van der Waals surface area (Å²) in [6.07, 6.45) is -1.76. The molecule has 0 spiro atoms. The Labute approximate surface area is 239 Å². The van der Waals surface area contributed by atoms with Gasteiger partial charge < -0.3 is 4.74 Å². The molecule has 0 aliphatic carbocycles. The Kier molecular flexibility index (Phi) is 9.38. The van der Waals surface area contributed by atoms with Crippen molar-refractivity contribution >= 4 is 0 Å². The summed E-state index contributed by atoms with van der Waals surface area (Å²) in [7, 11) is 0. The summed E-state index contributed by atoms with van der Waals surface area (Å²) < 4.78 is 147. The van der Waals surface area contributed by atoms with Crippen molar-refractivity contribution in [3.05, 3.63) is 123 Å². The summed E-state index contributed by atoms with van der Waals surface area (Å²) >= 11 is 0. The van der Waals surface area contributed by atoms with Crippen molar-refractivity contribution in [1.29, 1.82) is 0 Å². The van der Waals surface area contributed by atoms with Crippen LogP contribution >= 0.6 is 0 Å². The maximum Gasteiger partial charge on any atom is 0.432 e. The van der Waals surface area contributed by atoms with Crippen LogP contribution in [-0.2, 0) is 12.5 Å². The van der Waals surface area contributed by atoms with Crippen molar-refractivity contribution in [1.82, 2.24) is 0 Å². The molecule has 4 aromatic rings. The van der Waals surface area contributed by atoms with Crippen LogP contribution in [0.4, 0.5) is 43.9 Å². The first-order valence-electron chi connectivity index (χ1n) is 12.8. The standard InChI is InChI=1S/C32H20F10O/c1-2-3-4-5-17-10-23(33)22(24(34)11-17)8-6-18-12-26(36)30(27(37)13-18)32(41,42)43-20-7-9-21(25(35)16-20)19-14-28(38)31(40)29(39)15-19/h7,9-16H,2-5H2,1H3. The lowest BCUT2D eigenvalue weighted by molar-refractivity contribution is -0.189. The zero-order valence-electron chi connectivity index (χ0n) is 22.2. The van der Waals surface area contributed by atoms with Crippen LogP contribution in [0.5, 0.6) is 5.75 Å². The van der Waals surface area contributed by atoms with E-state index in [2.05, 4.69) is 16.6 Å². The van der Waals surface area contributed by atoms with Gasteiger partial charge in [0.2, 0.25) is 0 Å². The normalized spacial score (nSPS) is 11.3. The van der Waals surface area contributed by atoms with Crippen LogP contribution in [0.15, 0.2) is 54.6 Å². The van der Waals surface area contributed by atoms with Crippen LogP contribution in [0.25, 0.3) is 11.1 Å².